The molecule has 0 spiro atoms. The predicted octanol–water partition coefficient (Wildman–Crippen LogP) is 1.92. The van der Waals surface area contributed by atoms with Crippen molar-refractivity contribution >= 4 is 29.2 Å². The van der Waals surface area contributed by atoms with Gasteiger partial charge in [-0.15, -0.1) is 11.3 Å². The van der Waals surface area contributed by atoms with Gasteiger partial charge in [-0.3, -0.25) is 9.59 Å². The summed E-state index contributed by atoms with van der Waals surface area (Å²) in [5.41, 5.74) is 1.08. The zero-order valence-corrected chi connectivity index (χ0v) is 12.8. The molecule has 1 heterocycles. The molecule has 21 heavy (non-hydrogen) atoms. The van der Waals surface area contributed by atoms with Crippen molar-refractivity contribution in [2.24, 2.45) is 0 Å². The van der Waals surface area contributed by atoms with Crippen LogP contribution < -0.4 is 5.32 Å². The standard InChI is InChI=1S/C14H19NO5S/c1-3-5-10-8(4-2)6-11(21-10)13(18)15-9(14(19)20)7-12(16)17/h6,9H,3-5,7H2,1-2H3,(H,15,18)(H,16,17)(H,19,20)/t9-/m0/s1. The fourth-order valence-electron chi connectivity index (χ4n) is 1.92. The number of hydrogen-bond donors (Lipinski definition) is 3. The molecule has 3 N–H and O–H groups in total. The molecule has 1 atom stereocenters. The summed E-state index contributed by atoms with van der Waals surface area (Å²) in [5, 5.41) is 19.9. The monoisotopic (exact) mass is 313 g/mol. The highest BCUT2D eigenvalue weighted by Gasteiger charge is 2.24. The number of carbonyl (C=O) groups excluding carboxylic acids is 1. The molecule has 0 aromatic carbocycles. The van der Waals surface area contributed by atoms with Crippen LogP contribution in [0.15, 0.2) is 6.07 Å². The van der Waals surface area contributed by atoms with Crippen LogP contribution in [0.25, 0.3) is 0 Å². The third kappa shape index (κ3) is 4.86. The first-order valence-corrected chi connectivity index (χ1v) is 7.57. The van der Waals surface area contributed by atoms with Gasteiger partial charge in [-0.05, 0) is 24.5 Å². The van der Waals surface area contributed by atoms with E-state index in [-0.39, 0.29) is 0 Å². The number of amides is 1. The third-order valence-electron chi connectivity index (χ3n) is 2.96. The molecule has 6 nitrogen and oxygen atoms in total. The Hall–Kier alpha value is -1.89. The Labute approximate surface area is 126 Å². The van der Waals surface area contributed by atoms with Gasteiger partial charge in [0.2, 0.25) is 0 Å². The van der Waals surface area contributed by atoms with Crippen LogP contribution in [-0.2, 0) is 22.4 Å². The number of aliphatic carboxylic acids is 2. The molecule has 0 aliphatic heterocycles. The molecule has 0 saturated carbocycles. The van der Waals surface area contributed by atoms with Crippen LogP contribution >= 0.6 is 11.3 Å². The van der Waals surface area contributed by atoms with E-state index >= 15 is 0 Å². The van der Waals surface area contributed by atoms with Gasteiger partial charge in [0.05, 0.1) is 11.3 Å². The van der Waals surface area contributed by atoms with Crippen molar-refractivity contribution in [3.8, 4) is 0 Å². The molecule has 1 aromatic rings. The van der Waals surface area contributed by atoms with E-state index in [1.807, 2.05) is 13.8 Å². The van der Waals surface area contributed by atoms with Gasteiger partial charge >= 0.3 is 11.9 Å². The summed E-state index contributed by atoms with van der Waals surface area (Å²) >= 11 is 1.34. The van der Waals surface area contributed by atoms with Gasteiger partial charge in [-0.25, -0.2) is 4.79 Å². The first kappa shape index (κ1) is 17.2. The molecule has 0 bridgehead atoms. The number of hydrogen-bond acceptors (Lipinski definition) is 4. The van der Waals surface area contributed by atoms with E-state index in [2.05, 4.69) is 5.32 Å². The number of thiophene rings is 1. The maximum absolute atomic E-state index is 12.1. The van der Waals surface area contributed by atoms with Gasteiger partial charge in [0, 0.05) is 4.88 Å². The van der Waals surface area contributed by atoms with Crippen molar-refractivity contribution in [1.82, 2.24) is 5.32 Å². The van der Waals surface area contributed by atoms with Crippen molar-refractivity contribution in [2.45, 2.75) is 45.6 Å². The SMILES string of the molecule is CCCc1sc(C(=O)N[C@@H](CC(=O)O)C(=O)O)cc1CC. The average Bonchev–Trinajstić information content (AvgIpc) is 2.81. The predicted molar refractivity (Wildman–Crippen MR) is 78.8 cm³/mol. The smallest absolute Gasteiger partial charge is 0.326 e. The molecule has 1 rings (SSSR count). The molecule has 0 fully saturated rings. The first-order chi connectivity index (χ1) is 9.88. The van der Waals surface area contributed by atoms with Gasteiger partial charge in [0.25, 0.3) is 5.91 Å². The van der Waals surface area contributed by atoms with Crippen LogP contribution in [0.2, 0.25) is 0 Å². The molecule has 0 unspecified atom stereocenters. The Kier molecular flexibility index (Phi) is 6.36. The number of carbonyl (C=O) groups is 3. The molecular weight excluding hydrogens is 294 g/mol. The molecule has 0 saturated heterocycles. The number of nitrogens with one attached hydrogen (secondary N) is 1. The summed E-state index contributed by atoms with van der Waals surface area (Å²) in [5.74, 6) is -3.16. The summed E-state index contributed by atoms with van der Waals surface area (Å²) in [7, 11) is 0. The fraction of sp³-hybridized carbons (Fsp3) is 0.500. The van der Waals surface area contributed by atoms with E-state index in [1.165, 1.54) is 11.3 Å². The average molecular weight is 313 g/mol. The van der Waals surface area contributed by atoms with E-state index < -0.39 is 30.3 Å². The highest BCUT2D eigenvalue weighted by Crippen LogP contribution is 2.24. The molecule has 116 valence electrons. The van der Waals surface area contributed by atoms with Gasteiger partial charge < -0.3 is 15.5 Å². The van der Waals surface area contributed by atoms with Gasteiger partial charge in [0.1, 0.15) is 6.04 Å². The summed E-state index contributed by atoms with van der Waals surface area (Å²) < 4.78 is 0. The number of carboxylic acids is 2. The third-order valence-corrected chi connectivity index (χ3v) is 4.20. The van der Waals surface area contributed by atoms with E-state index in [0.29, 0.717) is 4.88 Å². The topological polar surface area (TPSA) is 104 Å². The summed E-state index contributed by atoms with van der Waals surface area (Å²) in [6.45, 7) is 4.04. The lowest BCUT2D eigenvalue weighted by Crippen LogP contribution is -2.41. The molecule has 0 aliphatic carbocycles. The number of rotatable bonds is 8. The van der Waals surface area contributed by atoms with Crippen LogP contribution in [0, 0.1) is 0 Å². The van der Waals surface area contributed by atoms with Crippen LogP contribution in [0.5, 0.6) is 0 Å². The minimum Gasteiger partial charge on any atom is -0.481 e. The summed E-state index contributed by atoms with van der Waals surface area (Å²) in [4.78, 5) is 35.2. The minimum atomic E-state index is -1.42. The van der Waals surface area contributed by atoms with Crippen LogP contribution in [0.4, 0.5) is 0 Å². The Morgan fingerprint density at radius 3 is 2.43 bits per heavy atom. The fourth-order valence-corrected chi connectivity index (χ4v) is 3.18. The number of carboxylic acid groups (broad SMARTS) is 2. The van der Waals surface area contributed by atoms with Crippen molar-refractivity contribution in [1.29, 1.82) is 0 Å². The summed E-state index contributed by atoms with van der Waals surface area (Å²) in [6, 6.07) is 0.335. The Morgan fingerprint density at radius 2 is 1.95 bits per heavy atom. The van der Waals surface area contributed by atoms with Crippen LogP contribution in [0.3, 0.4) is 0 Å². The maximum Gasteiger partial charge on any atom is 0.326 e. The van der Waals surface area contributed by atoms with Crippen molar-refractivity contribution in [3.05, 3.63) is 21.4 Å². The number of aryl methyl sites for hydroxylation is 2. The van der Waals surface area contributed by atoms with Crippen LogP contribution in [0.1, 0.15) is 46.8 Å². The van der Waals surface area contributed by atoms with Crippen molar-refractivity contribution in [3.63, 3.8) is 0 Å². The lowest BCUT2D eigenvalue weighted by molar-refractivity contribution is -0.145. The molecule has 1 amide bonds. The molecule has 0 aliphatic rings. The second-order valence-corrected chi connectivity index (χ2v) is 5.76. The minimum absolute atomic E-state index is 0.423. The quantitative estimate of drug-likeness (QED) is 0.680. The summed E-state index contributed by atoms with van der Waals surface area (Å²) in [6.07, 6.45) is 2.00. The zero-order valence-electron chi connectivity index (χ0n) is 12.0. The molecule has 7 heteroatoms. The van der Waals surface area contributed by atoms with Crippen LogP contribution in [-0.4, -0.2) is 34.1 Å². The van der Waals surface area contributed by atoms with Gasteiger partial charge in [-0.1, -0.05) is 20.3 Å². The molecular formula is C14H19NO5S. The van der Waals surface area contributed by atoms with E-state index in [4.69, 9.17) is 10.2 Å². The second-order valence-electron chi connectivity index (χ2n) is 4.62. The van der Waals surface area contributed by atoms with E-state index in [1.54, 1.807) is 6.07 Å². The molecule has 1 aromatic heterocycles. The lowest BCUT2D eigenvalue weighted by atomic mass is 10.1. The Morgan fingerprint density at radius 1 is 1.29 bits per heavy atom. The largest absolute Gasteiger partial charge is 0.481 e. The Bertz CT molecular complexity index is 537. The maximum atomic E-state index is 12.1. The van der Waals surface area contributed by atoms with Crippen molar-refractivity contribution < 1.29 is 24.6 Å². The Balaban J connectivity index is 2.87. The van der Waals surface area contributed by atoms with E-state index in [9.17, 15) is 14.4 Å². The highest BCUT2D eigenvalue weighted by molar-refractivity contribution is 7.14. The van der Waals surface area contributed by atoms with E-state index in [0.717, 1.165) is 29.7 Å². The first-order valence-electron chi connectivity index (χ1n) is 6.76. The van der Waals surface area contributed by atoms with Gasteiger partial charge in [0.15, 0.2) is 0 Å². The second kappa shape index (κ2) is 7.78. The van der Waals surface area contributed by atoms with Gasteiger partial charge in [-0.2, -0.15) is 0 Å². The lowest BCUT2D eigenvalue weighted by Gasteiger charge is -2.11. The zero-order chi connectivity index (χ0) is 16.0. The highest BCUT2D eigenvalue weighted by atomic mass is 32.1. The normalized spacial score (nSPS) is 11.9. The van der Waals surface area contributed by atoms with Crippen molar-refractivity contribution in [2.75, 3.05) is 0 Å². The molecule has 0 radical (unpaired) electrons.